The molecule has 124 valence electrons. The van der Waals surface area contributed by atoms with Crippen molar-refractivity contribution in [2.24, 2.45) is 0 Å². The van der Waals surface area contributed by atoms with Crippen LogP contribution in [0.4, 0.5) is 11.4 Å². The standard InChI is InChI=1S/C17H16N2O5/c20-15(18-14-9-5-4-8-13(14)17(23)24)10-19(11-16(21)22)12-6-2-1-3-7-12/h1-9H,10-11H2,(H,18,20)(H,21,22)(H,23,24). The average molecular weight is 328 g/mol. The Kier molecular flexibility index (Phi) is 5.51. The van der Waals surface area contributed by atoms with Crippen LogP contribution in [0.5, 0.6) is 0 Å². The first-order valence-electron chi connectivity index (χ1n) is 7.11. The molecule has 0 unspecified atom stereocenters. The Morgan fingerprint density at radius 3 is 2.12 bits per heavy atom. The molecular formula is C17H16N2O5. The third-order valence-corrected chi connectivity index (χ3v) is 3.21. The van der Waals surface area contributed by atoms with Crippen LogP contribution in [-0.4, -0.2) is 41.1 Å². The maximum absolute atomic E-state index is 12.2. The van der Waals surface area contributed by atoms with Gasteiger partial charge in [0.1, 0.15) is 6.54 Å². The lowest BCUT2D eigenvalue weighted by Gasteiger charge is -2.22. The summed E-state index contributed by atoms with van der Waals surface area (Å²) in [7, 11) is 0. The lowest BCUT2D eigenvalue weighted by molar-refractivity contribution is -0.135. The molecule has 0 aliphatic heterocycles. The summed E-state index contributed by atoms with van der Waals surface area (Å²) in [5, 5.41) is 20.6. The largest absolute Gasteiger partial charge is 0.480 e. The van der Waals surface area contributed by atoms with Gasteiger partial charge in [-0.2, -0.15) is 0 Å². The second kappa shape index (κ2) is 7.77. The minimum Gasteiger partial charge on any atom is -0.480 e. The van der Waals surface area contributed by atoms with Gasteiger partial charge in [-0.3, -0.25) is 9.59 Å². The zero-order chi connectivity index (χ0) is 17.5. The van der Waals surface area contributed by atoms with Crippen LogP contribution in [0.1, 0.15) is 10.4 Å². The molecule has 0 heterocycles. The highest BCUT2D eigenvalue weighted by Crippen LogP contribution is 2.16. The van der Waals surface area contributed by atoms with Crippen molar-refractivity contribution in [2.45, 2.75) is 0 Å². The summed E-state index contributed by atoms with van der Waals surface area (Å²) in [6.07, 6.45) is 0. The fourth-order valence-electron chi connectivity index (χ4n) is 2.18. The third-order valence-electron chi connectivity index (χ3n) is 3.21. The summed E-state index contributed by atoms with van der Waals surface area (Å²) in [6, 6.07) is 14.7. The Labute approximate surface area is 138 Å². The molecule has 0 atom stereocenters. The van der Waals surface area contributed by atoms with Crippen LogP contribution in [-0.2, 0) is 9.59 Å². The molecule has 7 heteroatoms. The Balaban J connectivity index is 2.14. The van der Waals surface area contributed by atoms with Gasteiger partial charge in [0.2, 0.25) is 5.91 Å². The number of hydrogen-bond donors (Lipinski definition) is 3. The van der Waals surface area contributed by atoms with Crippen molar-refractivity contribution in [2.75, 3.05) is 23.3 Å². The molecule has 0 radical (unpaired) electrons. The number of nitrogens with zero attached hydrogens (tertiary/aromatic N) is 1. The van der Waals surface area contributed by atoms with E-state index >= 15 is 0 Å². The van der Waals surface area contributed by atoms with E-state index in [1.165, 1.54) is 17.0 Å². The van der Waals surface area contributed by atoms with Crippen molar-refractivity contribution in [3.05, 3.63) is 60.2 Å². The lowest BCUT2D eigenvalue weighted by Crippen LogP contribution is -2.37. The third kappa shape index (κ3) is 4.57. The van der Waals surface area contributed by atoms with Crippen LogP contribution in [0.2, 0.25) is 0 Å². The van der Waals surface area contributed by atoms with E-state index < -0.39 is 17.8 Å². The number of carbonyl (C=O) groups excluding carboxylic acids is 1. The first-order valence-corrected chi connectivity index (χ1v) is 7.11. The fraction of sp³-hybridized carbons (Fsp3) is 0.118. The molecule has 0 spiro atoms. The van der Waals surface area contributed by atoms with Crippen LogP contribution in [0.3, 0.4) is 0 Å². The van der Waals surface area contributed by atoms with E-state index in [0.29, 0.717) is 5.69 Å². The van der Waals surface area contributed by atoms with E-state index in [-0.39, 0.29) is 24.3 Å². The van der Waals surface area contributed by atoms with Crippen LogP contribution < -0.4 is 10.2 Å². The van der Waals surface area contributed by atoms with Gasteiger partial charge in [-0.05, 0) is 24.3 Å². The van der Waals surface area contributed by atoms with Crippen LogP contribution in [0.25, 0.3) is 0 Å². The molecule has 2 aromatic carbocycles. The number of amides is 1. The minimum absolute atomic E-state index is 0.0321. The van der Waals surface area contributed by atoms with Crippen molar-refractivity contribution >= 4 is 29.2 Å². The highest BCUT2D eigenvalue weighted by Gasteiger charge is 2.17. The maximum Gasteiger partial charge on any atom is 0.337 e. The summed E-state index contributed by atoms with van der Waals surface area (Å²) in [5.41, 5.74) is 0.718. The first kappa shape index (κ1) is 17.0. The van der Waals surface area contributed by atoms with Gasteiger partial charge in [0.05, 0.1) is 17.8 Å². The molecule has 0 saturated heterocycles. The summed E-state index contributed by atoms with van der Waals surface area (Å²) >= 11 is 0. The monoisotopic (exact) mass is 328 g/mol. The molecule has 0 aromatic heterocycles. The Morgan fingerprint density at radius 2 is 1.50 bits per heavy atom. The van der Waals surface area contributed by atoms with E-state index in [1.807, 2.05) is 0 Å². The van der Waals surface area contributed by atoms with Gasteiger partial charge in [-0.1, -0.05) is 30.3 Å². The predicted octanol–water partition coefficient (Wildman–Crippen LogP) is 1.91. The summed E-state index contributed by atoms with van der Waals surface area (Å²) in [6.45, 7) is -0.567. The molecular weight excluding hydrogens is 312 g/mol. The van der Waals surface area contributed by atoms with Crippen molar-refractivity contribution in [1.82, 2.24) is 0 Å². The molecule has 0 aliphatic rings. The number of hydrogen-bond acceptors (Lipinski definition) is 4. The molecule has 2 rings (SSSR count). The first-order chi connectivity index (χ1) is 11.5. The number of benzene rings is 2. The van der Waals surface area contributed by atoms with Crippen LogP contribution in [0.15, 0.2) is 54.6 Å². The van der Waals surface area contributed by atoms with Gasteiger partial charge in [0.15, 0.2) is 0 Å². The molecule has 0 bridgehead atoms. The number of para-hydroxylation sites is 2. The van der Waals surface area contributed by atoms with Crippen molar-refractivity contribution in [3.8, 4) is 0 Å². The Morgan fingerprint density at radius 1 is 0.875 bits per heavy atom. The average Bonchev–Trinajstić information content (AvgIpc) is 2.55. The SMILES string of the molecule is O=C(O)CN(CC(=O)Nc1ccccc1C(=O)O)c1ccccc1. The van der Waals surface area contributed by atoms with Gasteiger partial charge in [0.25, 0.3) is 0 Å². The zero-order valence-electron chi connectivity index (χ0n) is 12.7. The topological polar surface area (TPSA) is 107 Å². The minimum atomic E-state index is -1.16. The van der Waals surface area contributed by atoms with E-state index in [0.717, 1.165) is 0 Å². The van der Waals surface area contributed by atoms with Gasteiger partial charge < -0.3 is 20.4 Å². The Hall–Kier alpha value is -3.35. The van der Waals surface area contributed by atoms with Crippen LogP contribution >= 0.6 is 0 Å². The smallest absolute Gasteiger partial charge is 0.337 e. The van der Waals surface area contributed by atoms with E-state index in [1.54, 1.807) is 42.5 Å². The van der Waals surface area contributed by atoms with E-state index in [9.17, 15) is 14.4 Å². The molecule has 0 fully saturated rings. The summed E-state index contributed by atoms with van der Waals surface area (Å²) < 4.78 is 0. The van der Waals surface area contributed by atoms with E-state index in [2.05, 4.69) is 5.32 Å². The molecule has 2 aromatic rings. The van der Waals surface area contributed by atoms with E-state index in [4.69, 9.17) is 10.2 Å². The summed E-state index contributed by atoms with van der Waals surface area (Å²) in [4.78, 5) is 35.8. The fourth-order valence-corrected chi connectivity index (χ4v) is 2.18. The molecule has 24 heavy (non-hydrogen) atoms. The quantitative estimate of drug-likeness (QED) is 0.717. The maximum atomic E-state index is 12.2. The van der Waals surface area contributed by atoms with Crippen molar-refractivity contribution in [3.63, 3.8) is 0 Å². The summed E-state index contributed by atoms with van der Waals surface area (Å²) in [5.74, 6) is -2.73. The van der Waals surface area contributed by atoms with Crippen molar-refractivity contribution in [1.29, 1.82) is 0 Å². The van der Waals surface area contributed by atoms with Crippen LogP contribution in [0, 0.1) is 0 Å². The molecule has 1 amide bonds. The number of carboxylic acid groups (broad SMARTS) is 2. The number of aromatic carboxylic acids is 1. The number of nitrogens with one attached hydrogen (secondary N) is 1. The van der Waals surface area contributed by atoms with Crippen molar-refractivity contribution < 1.29 is 24.6 Å². The molecule has 0 aliphatic carbocycles. The highest BCUT2D eigenvalue weighted by atomic mass is 16.4. The number of rotatable bonds is 7. The zero-order valence-corrected chi connectivity index (χ0v) is 12.7. The molecule has 7 nitrogen and oxygen atoms in total. The van der Waals surface area contributed by atoms with Gasteiger partial charge in [-0.25, -0.2) is 4.79 Å². The second-order valence-corrected chi connectivity index (χ2v) is 4.98. The second-order valence-electron chi connectivity index (χ2n) is 4.98. The predicted molar refractivity (Wildman–Crippen MR) is 88.3 cm³/mol. The molecule has 0 saturated carbocycles. The van der Waals surface area contributed by atoms with Gasteiger partial charge >= 0.3 is 11.9 Å². The molecule has 3 N–H and O–H groups in total. The lowest BCUT2D eigenvalue weighted by atomic mass is 10.2. The van der Waals surface area contributed by atoms with Gasteiger partial charge in [-0.15, -0.1) is 0 Å². The highest BCUT2D eigenvalue weighted by molar-refractivity contribution is 6.02. The number of anilines is 2. The number of carboxylic acids is 2. The number of carbonyl (C=O) groups is 3. The Bertz CT molecular complexity index is 746. The number of aliphatic carboxylic acids is 1. The van der Waals surface area contributed by atoms with Gasteiger partial charge in [0, 0.05) is 5.69 Å². The normalized spacial score (nSPS) is 10.0.